The monoisotopic (exact) mass is 463 g/mol. The van der Waals surface area contributed by atoms with Gasteiger partial charge in [-0.15, -0.1) is 0 Å². The average molecular weight is 464 g/mol. The molecule has 1 saturated heterocycles. The number of hydrogen-bond acceptors (Lipinski definition) is 6. The van der Waals surface area contributed by atoms with Crippen molar-refractivity contribution in [3.05, 3.63) is 52.2 Å². The molecule has 1 unspecified atom stereocenters. The Morgan fingerprint density at radius 3 is 2.65 bits per heavy atom. The van der Waals surface area contributed by atoms with E-state index in [1.54, 1.807) is 13.2 Å². The highest BCUT2D eigenvalue weighted by Gasteiger charge is 2.38. The van der Waals surface area contributed by atoms with E-state index in [9.17, 15) is 4.79 Å². The van der Waals surface area contributed by atoms with Gasteiger partial charge in [-0.2, -0.15) is 0 Å². The molecule has 0 saturated carbocycles. The molecule has 3 aliphatic rings. The third kappa shape index (κ3) is 4.14. The van der Waals surface area contributed by atoms with Gasteiger partial charge in [0, 0.05) is 39.8 Å². The number of carbonyl (C=O) groups excluding carboxylic acids is 1. The maximum absolute atomic E-state index is 12.0. The van der Waals surface area contributed by atoms with Crippen molar-refractivity contribution in [1.82, 2.24) is 14.7 Å². The zero-order valence-corrected chi connectivity index (χ0v) is 19.4. The van der Waals surface area contributed by atoms with Crippen LogP contribution in [0.1, 0.15) is 6.42 Å². The average Bonchev–Trinajstić information content (AvgIpc) is 2.80. The Morgan fingerprint density at radius 1 is 1.23 bits per heavy atom. The van der Waals surface area contributed by atoms with Crippen LogP contribution in [0, 0.1) is 0 Å². The van der Waals surface area contributed by atoms with Gasteiger partial charge in [-0.05, 0) is 30.2 Å². The number of amides is 1. The number of hydrogen-bond donors (Lipinski definition) is 0. The summed E-state index contributed by atoms with van der Waals surface area (Å²) in [5.74, 6) is -0.0117. The molecule has 166 valence electrons. The van der Waals surface area contributed by atoms with E-state index in [1.165, 1.54) is 11.6 Å². The molecule has 3 heterocycles. The minimum absolute atomic E-state index is 0.0117. The van der Waals surface area contributed by atoms with Crippen LogP contribution in [0.5, 0.6) is 0 Å². The summed E-state index contributed by atoms with van der Waals surface area (Å²) in [6.07, 6.45) is 2.30. The molecule has 0 bridgehead atoms. The van der Waals surface area contributed by atoms with Crippen LogP contribution in [0.25, 0.3) is 0 Å². The standard InChI is InChI=1S/C22H27Cl2N5O2/c1-4-19(30)27-10-12-28(13-11-27)21-15-8-9-29(18-7-5-6-16(23)20(18)24)14-17(15)25-22(31-3)26(21)2/h4-7,21H,1,8-14H2,2-3H3. The highest BCUT2D eigenvalue weighted by molar-refractivity contribution is 6.43. The number of amidine groups is 1. The Kier molecular flexibility index (Phi) is 6.46. The predicted molar refractivity (Wildman–Crippen MR) is 125 cm³/mol. The molecule has 0 aromatic heterocycles. The Morgan fingerprint density at radius 2 is 1.97 bits per heavy atom. The van der Waals surface area contributed by atoms with Crippen molar-refractivity contribution >= 4 is 40.8 Å². The zero-order valence-electron chi connectivity index (χ0n) is 17.9. The smallest absolute Gasteiger partial charge is 0.293 e. The summed E-state index contributed by atoms with van der Waals surface area (Å²) in [5, 5.41) is 1.12. The molecule has 31 heavy (non-hydrogen) atoms. The molecule has 4 rings (SSSR count). The van der Waals surface area contributed by atoms with Crippen LogP contribution in [-0.4, -0.2) is 86.2 Å². The van der Waals surface area contributed by atoms with Crippen LogP contribution >= 0.6 is 23.2 Å². The largest absolute Gasteiger partial charge is 0.468 e. The molecular weight excluding hydrogens is 437 g/mol. The molecule has 0 spiro atoms. The summed E-state index contributed by atoms with van der Waals surface area (Å²) in [4.78, 5) is 25.3. The van der Waals surface area contributed by atoms with Crippen molar-refractivity contribution in [2.24, 2.45) is 4.99 Å². The van der Waals surface area contributed by atoms with Gasteiger partial charge >= 0.3 is 0 Å². The number of likely N-dealkylation sites (N-methyl/N-ethyl adjacent to an activating group) is 1. The third-order valence-electron chi connectivity index (χ3n) is 6.17. The fourth-order valence-electron chi connectivity index (χ4n) is 4.59. The summed E-state index contributed by atoms with van der Waals surface area (Å²) >= 11 is 12.7. The number of carbonyl (C=O) groups is 1. The predicted octanol–water partition coefficient (Wildman–Crippen LogP) is 3.06. The lowest BCUT2D eigenvalue weighted by Crippen LogP contribution is -2.59. The van der Waals surface area contributed by atoms with Gasteiger partial charge in [-0.25, -0.2) is 4.99 Å². The van der Waals surface area contributed by atoms with Crippen molar-refractivity contribution in [2.45, 2.75) is 12.6 Å². The van der Waals surface area contributed by atoms with Crippen molar-refractivity contribution in [2.75, 3.05) is 58.3 Å². The van der Waals surface area contributed by atoms with Gasteiger partial charge in [-0.1, -0.05) is 35.8 Å². The maximum Gasteiger partial charge on any atom is 0.293 e. The second-order valence-corrected chi connectivity index (χ2v) is 8.65. The van der Waals surface area contributed by atoms with Crippen LogP contribution in [0.15, 0.2) is 47.1 Å². The molecule has 3 aliphatic heterocycles. The van der Waals surface area contributed by atoms with Gasteiger partial charge in [0.25, 0.3) is 6.02 Å². The molecule has 0 radical (unpaired) electrons. The van der Waals surface area contributed by atoms with Crippen LogP contribution in [0.4, 0.5) is 5.69 Å². The lowest BCUT2D eigenvalue weighted by atomic mass is 9.98. The van der Waals surface area contributed by atoms with Crippen molar-refractivity contribution < 1.29 is 9.53 Å². The SMILES string of the molecule is C=CC(=O)N1CCN(C2C3=C(CN(c4cccc(Cl)c4Cl)CC3)N=C(OC)N2C)CC1. The zero-order chi connectivity index (χ0) is 22.1. The van der Waals surface area contributed by atoms with E-state index in [0.29, 0.717) is 35.7 Å². The number of aliphatic imine (C=N–C) groups is 1. The topological polar surface area (TPSA) is 51.6 Å². The van der Waals surface area contributed by atoms with Crippen molar-refractivity contribution in [3.63, 3.8) is 0 Å². The minimum atomic E-state index is -0.0117. The molecular formula is C22H27Cl2N5O2. The van der Waals surface area contributed by atoms with E-state index in [-0.39, 0.29) is 12.1 Å². The Bertz CT molecular complexity index is 940. The highest BCUT2D eigenvalue weighted by Crippen LogP contribution is 2.37. The van der Waals surface area contributed by atoms with E-state index < -0.39 is 0 Å². The second kappa shape index (κ2) is 9.10. The summed E-state index contributed by atoms with van der Waals surface area (Å²) in [6.45, 7) is 8.00. The van der Waals surface area contributed by atoms with Gasteiger partial charge in [-0.3, -0.25) is 9.69 Å². The molecule has 1 aromatic rings. The van der Waals surface area contributed by atoms with Crippen molar-refractivity contribution in [3.8, 4) is 0 Å². The third-order valence-corrected chi connectivity index (χ3v) is 6.98. The molecule has 0 N–H and O–H groups in total. The quantitative estimate of drug-likeness (QED) is 0.644. The fourth-order valence-corrected chi connectivity index (χ4v) is 5.01. The van der Waals surface area contributed by atoms with Gasteiger partial charge in [0.15, 0.2) is 0 Å². The van der Waals surface area contributed by atoms with E-state index in [4.69, 9.17) is 32.9 Å². The number of rotatable bonds is 3. The fraction of sp³-hybridized carbons (Fsp3) is 0.455. The Labute approximate surface area is 193 Å². The number of benzene rings is 1. The van der Waals surface area contributed by atoms with Gasteiger partial charge in [0.2, 0.25) is 5.91 Å². The number of nitrogens with zero attached hydrogens (tertiary/aromatic N) is 5. The van der Waals surface area contributed by atoms with E-state index in [0.717, 1.165) is 37.4 Å². The maximum atomic E-state index is 12.0. The van der Waals surface area contributed by atoms with Crippen LogP contribution in [-0.2, 0) is 9.53 Å². The molecule has 1 atom stereocenters. The molecule has 0 aliphatic carbocycles. The van der Waals surface area contributed by atoms with E-state index in [1.807, 2.05) is 24.1 Å². The lowest BCUT2D eigenvalue weighted by molar-refractivity contribution is -0.128. The lowest BCUT2D eigenvalue weighted by Gasteiger charge is -2.47. The van der Waals surface area contributed by atoms with Crippen molar-refractivity contribution in [1.29, 1.82) is 0 Å². The number of anilines is 1. The molecule has 9 heteroatoms. The molecule has 1 fully saturated rings. The van der Waals surface area contributed by atoms with Gasteiger partial charge in [0.1, 0.15) is 6.17 Å². The summed E-state index contributed by atoms with van der Waals surface area (Å²) < 4.78 is 5.61. The van der Waals surface area contributed by atoms with Gasteiger partial charge < -0.3 is 19.4 Å². The van der Waals surface area contributed by atoms with Crippen LogP contribution in [0.3, 0.4) is 0 Å². The first kappa shape index (κ1) is 22.0. The van der Waals surface area contributed by atoms with E-state index >= 15 is 0 Å². The summed E-state index contributed by atoms with van der Waals surface area (Å²) in [7, 11) is 3.66. The van der Waals surface area contributed by atoms with Crippen LogP contribution in [0.2, 0.25) is 10.0 Å². The molecule has 7 nitrogen and oxygen atoms in total. The molecule has 1 aromatic carbocycles. The first-order valence-electron chi connectivity index (χ1n) is 10.4. The minimum Gasteiger partial charge on any atom is -0.468 e. The Balaban J connectivity index is 1.59. The Hall–Kier alpha value is -2.22. The highest BCUT2D eigenvalue weighted by atomic mass is 35.5. The number of piperazine rings is 1. The second-order valence-electron chi connectivity index (χ2n) is 7.86. The van der Waals surface area contributed by atoms with Crippen LogP contribution < -0.4 is 4.90 Å². The summed E-state index contributed by atoms with van der Waals surface area (Å²) in [6, 6.07) is 6.29. The number of halogens is 2. The number of methoxy groups -OCH3 is 1. The normalized spacial score (nSPS) is 22.3. The first-order valence-corrected chi connectivity index (χ1v) is 11.1. The first-order chi connectivity index (χ1) is 14.9. The summed E-state index contributed by atoms with van der Waals surface area (Å²) in [5.41, 5.74) is 3.22. The van der Waals surface area contributed by atoms with E-state index in [2.05, 4.69) is 21.3 Å². The number of ether oxygens (including phenoxy) is 1. The molecule has 1 amide bonds. The van der Waals surface area contributed by atoms with Gasteiger partial charge in [0.05, 0.1) is 35.1 Å².